The Kier molecular flexibility index (Phi) is 48.2. The van der Waals surface area contributed by atoms with Gasteiger partial charge in [0.2, 0.25) is 0 Å². The molecule has 0 aromatic rings. The molecule has 0 saturated carbocycles. The first-order valence-electron chi connectivity index (χ1n) is 27.8. The third-order valence-electron chi connectivity index (χ3n) is 11.6. The summed E-state index contributed by atoms with van der Waals surface area (Å²) >= 11 is 0. The summed E-state index contributed by atoms with van der Waals surface area (Å²) in [6, 6.07) is 0. The lowest BCUT2D eigenvalue weighted by Crippen LogP contribution is -2.40. The van der Waals surface area contributed by atoms with Crippen LogP contribution in [0.15, 0.2) is 85.1 Å². The Morgan fingerprint density at radius 3 is 1.23 bits per heavy atom. The van der Waals surface area contributed by atoms with Crippen molar-refractivity contribution in [3.63, 3.8) is 0 Å². The molecular formula is C60H104NO8+. The minimum atomic E-state index is -1.52. The summed E-state index contributed by atoms with van der Waals surface area (Å²) < 4.78 is 22.8. The van der Waals surface area contributed by atoms with Gasteiger partial charge < -0.3 is 28.5 Å². The van der Waals surface area contributed by atoms with Crippen molar-refractivity contribution in [3.05, 3.63) is 85.1 Å². The maximum absolute atomic E-state index is 12.9. The van der Waals surface area contributed by atoms with E-state index in [0.29, 0.717) is 23.9 Å². The lowest BCUT2D eigenvalue weighted by atomic mass is 10.1. The van der Waals surface area contributed by atoms with Crippen molar-refractivity contribution < 1.29 is 42.9 Å². The molecule has 396 valence electrons. The van der Waals surface area contributed by atoms with E-state index in [9.17, 15) is 19.5 Å². The van der Waals surface area contributed by atoms with Gasteiger partial charge in [-0.25, -0.2) is 4.79 Å². The molecule has 69 heavy (non-hydrogen) atoms. The van der Waals surface area contributed by atoms with Crippen LogP contribution in [0.2, 0.25) is 0 Å². The Hall–Kier alpha value is -3.53. The van der Waals surface area contributed by atoms with Crippen molar-refractivity contribution in [2.75, 3.05) is 47.5 Å². The molecule has 0 fully saturated rings. The van der Waals surface area contributed by atoms with Gasteiger partial charge in [-0.05, 0) is 89.9 Å². The first kappa shape index (κ1) is 65.5. The van der Waals surface area contributed by atoms with Gasteiger partial charge in [-0.3, -0.25) is 9.59 Å². The molecule has 0 aromatic heterocycles. The van der Waals surface area contributed by atoms with Crippen LogP contribution in [-0.4, -0.2) is 87.4 Å². The standard InChI is InChI=1S/C60H103NO8/c1-6-8-10-12-14-16-18-20-22-24-26-28-29-31-33-35-37-39-41-43-45-47-49-51-58(63)69-56(55-68-60(59(64)65)66-53-52-61(3,4)5)54-67-57(62)50-48-46-44-42-40-38-36-34-32-30-27-25-23-21-19-17-15-13-11-9-7-2/h8,10,14,16,19-22,25-28,31,33,56,60H,6-7,9,11-13,15,17-18,23-24,29-30,32,34-55H2,1-5H3/p+1/b10-8-,16-14-,21-19-,22-20-,27-25-,28-26-,33-31-. The summed E-state index contributed by atoms with van der Waals surface area (Å²) in [7, 11) is 5.96. The van der Waals surface area contributed by atoms with Gasteiger partial charge >= 0.3 is 17.9 Å². The van der Waals surface area contributed by atoms with Gasteiger partial charge in [-0.1, -0.05) is 202 Å². The van der Waals surface area contributed by atoms with E-state index in [0.717, 1.165) is 83.5 Å². The first-order chi connectivity index (χ1) is 33.6. The molecule has 9 nitrogen and oxygen atoms in total. The molecule has 0 rings (SSSR count). The van der Waals surface area contributed by atoms with Crippen LogP contribution in [0.1, 0.15) is 219 Å². The highest BCUT2D eigenvalue weighted by atomic mass is 16.7. The molecule has 2 unspecified atom stereocenters. The Morgan fingerprint density at radius 1 is 0.449 bits per heavy atom. The molecule has 1 N–H and O–H groups in total. The zero-order valence-corrected chi connectivity index (χ0v) is 44.9. The molecule has 0 bridgehead atoms. The number of allylic oxidation sites excluding steroid dienone is 14. The van der Waals surface area contributed by atoms with E-state index in [1.54, 1.807) is 0 Å². The predicted octanol–water partition coefficient (Wildman–Crippen LogP) is 16.0. The van der Waals surface area contributed by atoms with E-state index in [4.69, 9.17) is 18.9 Å². The highest BCUT2D eigenvalue weighted by Gasteiger charge is 2.25. The van der Waals surface area contributed by atoms with Crippen LogP contribution in [0.25, 0.3) is 0 Å². The summed E-state index contributed by atoms with van der Waals surface area (Å²) in [6.07, 6.45) is 63.6. The van der Waals surface area contributed by atoms with Crippen LogP contribution >= 0.6 is 0 Å². The number of carboxylic acids is 1. The van der Waals surface area contributed by atoms with Crippen LogP contribution in [-0.2, 0) is 33.3 Å². The second kappa shape index (κ2) is 50.8. The van der Waals surface area contributed by atoms with Crippen molar-refractivity contribution in [2.24, 2.45) is 0 Å². The Balaban J connectivity index is 4.34. The van der Waals surface area contributed by atoms with Gasteiger partial charge in [0.15, 0.2) is 6.10 Å². The van der Waals surface area contributed by atoms with Crippen LogP contribution in [0, 0.1) is 0 Å². The molecule has 0 heterocycles. The number of quaternary nitrogens is 1. The fourth-order valence-corrected chi connectivity index (χ4v) is 7.36. The number of aliphatic carboxylic acids is 1. The summed E-state index contributed by atoms with van der Waals surface area (Å²) in [5.74, 6) is -2.03. The summed E-state index contributed by atoms with van der Waals surface area (Å²) in [6.45, 7) is 4.73. The molecule has 0 aliphatic carbocycles. The second-order valence-corrected chi connectivity index (χ2v) is 19.5. The fraction of sp³-hybridized carbons (Fsp3) is 0.717. The third-order valence-corrected chi connectivity index (χ3v) is 11.6. The molecular weight excluding hydrogens is 863 g/mol. The SMILES string of the molecule is CC/C=C\C/C=C\C/C=C\C/C=C\C/C=C\CCCCCCCCCC(=O)OC(COC(=O)CCCCCCCCCCC/C=C\C/C=C\CCCCCCC)COC(OCC[N+](C)(C)C)C(=O)O. The van der Waals surface area contributed by atoms with Crippen LogP contribution in [0.4, 0.5) is 0 Å². The zero-order chi connectivity index (χ0) is 50.6. The van der Waals surface area contributed by atoms with E-state index in [2.05, 4.69) is 98.9 Å². The van der Waals surface area contributed by atoms with E-state index < -0.39 is 24.3 Å². The summed E-state index contributed by atoms with van der Waals surface area (Å²) in [5.41, 5.74) is 0. The fourth-order valence-electron chi connectivity index (χ4n) is 7.36. The van der Waals surface area contributed by atoms with E-state index in [-0.39, 0.29) is 32.2 Å². The van der Waals surface area contributed by atoms with Crippen LogP contribution < -0.4 is 0 Å². The third kappa shape index (κ3) is 52.1. The molecule has 0 spiro atoms. The number of carbonyl (C=O) groups is 3. The van der Waals surface area contributed by atoms with Gasteiger partial charge in [0.25, 0.3) is 6.29 Å². The molecule has 0 amide bonds. The average Bonchev–Trinajstić information content (AvgIpc) is 3.31. The van der Waals surface area contributed by atoms with Crippen molar-refractivity contribution in [3.8, 4) is 0 Å². The zero-order valence-electron chi connectivity index (χ0n) is 44.9. The maximum Gasteiger partial charge on any atom is 0.361 e. The quantitative estimate of drug-likeness (QED) is 0.0211. The van der Waals surface area contributed by atoms with Crippen molar-refractivity contribution in [1.29, 1.82) is 0 Å². The first-order valence-corrected chi connectivity index (χ1v) is 27.8. The molecule has 2 atom stereocenters. The minimum absolute atomic E-state index is 0.180. The molecule has 9 heteroatoms. The molecule has 0 aliphatic rings. The lowest BCUT2D eigenvalue weighted by molar-refractivity contribution is -0.870. The van der Waals surface area contributed by atoms with E-state index in [1.807, 2.05) is 21.1 Å². The molecule has 0 saturated heterocycles. The number of carboxylic acid groups (broad SMARTS) is 1. The Morgan fingerprint density at radius 2 is 0.826 bits per heavy atom. The molecule has 0 radical (unpaired) electrons. The van der Waals surface area contributed by atoms with Gasteiger partial charge in [-0.2, -0.15) is 0 Å². The number of unbranched alkanes of at least 4 members (excludes halogenated alkanes) is 21. The van der Waals surface area contributed by atoms with Crippen LogP contribution in [0.3, 0.4) is 0 Å². The smallest absolute Gasteiger partial charge is 0.361 e. The van der Waals surface area contributed by atoms with Gasteiger partial charge in [0.1, 0.15) is 13.2 Å². The maximum atomic E-state index is 12.9. The van der Waals surface area contributed by atoms with Crippen molar-refractivity contribution >= 4 is 17.9 Å². The average molecular weight is 967 g/mol. The highest BCUT2D eigenvalue weighted by molar-refractivity contribution is 5.71. The van der Waals surface area contributed by atoms with Crippen molar-refractivity contribution in [1.82, 2.24) is 0 Å². The number of rotatable bonds is 50. The topological polar surface area (TPSA) is 108 Å². The van der Waals surface area contributed by atoms with Gasteiger partial charge in [-0.15, -0.1) is 0 Å². The lowest BCUT2D eigenvalue weighted by Gasteiger charge is -2.25. The second-order valence-electron chi connectivity index (χ2n) is 19.5. The monoisotopic (exact) mass is 967 g/mol. The number of esters is 2. The van der Waals surface area contributed by atoms with Crippen molar-refractivity contribution in [2.45, 2.75) is 232 Å². The van der Waals surface area contributed by atoms with Gasteiger partial charge in [0.05, 0.1) is 34.4 Å². The number of ether oxygens (including phenoxy) is 4. The molecule has 0 aliphatic heterocycles. The number of carbonyl (C=O) groups excluding carboxylic acids is 2. The normalized spacial score (nSPS) is 13.5. The highest BCUT2D eigenvalue weighted by Crippen LogP contribution is 2.15. The van der Waals surface area contributed by atoms with Gasteiger partial charge in [0, 0.05) is 12.8 Å². The summed E-state index contributed by atoms with van der Waals surface area (Å²) in [5, 5.41) is 9.69. The number of hydrogen-bond acceptors (Lipinski definition) is 7. The van der Waals surface area contributed by atoms with E-state index >= 15 is 0 Å². The largest absolute Gasteiger partial charge is 0.477 e. The predicted molar refractivity (Wildman–Crippen MR) is 290 cm³/mol. The van der Waals surface area contributed by atoms with E-state index in [1.165, 1.54) is 103 Å². The number of likely N-dealkylation sites (N-methyl/N-ethyl adjacent to an activating group) is 1. The van der Waals surface area contributed by atoms with Crippen LogP contribution in [0.5, 0.6) is 0 Å². The molecule has 0 aromatic carbocycles. The Bertz CT molecular complexity index is 1400. The number of hydrogen-bond donors (Lipinski definition) is 1. The number of nitrogens with zero attached hydrogens (tertiary/aromatic N) is 1. The minimum Gasteiger partial charge on any atom is -0.477 e. The summed E-state index contributed by atoms with van der Waals surface area (Å²) in [4.78, 5) is 37.4. The Labute approximate surface area is 423 Å².